The number of hydrogen-bond donors (Lipinski definition) is 4. The number of carbonyl (C=O) groups excluding carboxylic acids is 2. The van der Waals surface area contributed by atoms with Crippen molar-refractivity contribution >= 4 is 17.9 Å². The molecular formula is C20H33N3O4. The molecule has 0 unspecified atom stereocenters. The molecule has 152 valence electrons. The lowest BCUT2D eigenvalue weighted by atomic mass is 9.53. The van der Waals surface area contributed by atoms with Gasteiger partial charge in [0.1, 0.15) is 6.04 Å². The third kappa shape index (κ3) is 5.36. The van der Waals surface area contributed by atoms with Gasteiger partial charge in [0.05, 0.1) is 0 Å². The number of urea groups is 1. The third-order valence-electron chi connectivity index (χ3n) is 6.53. The number of rotatable bonds is 9. The lowest BCUT2D eigenvalue weighted by Gasteiger charge is -2.56. The van der Waals surface area contributed by atoms with Gasteiger partial charge in [0.15, 0.2) is 0 Å². The molecule has 7 nitrogen and oxygen atoms in total. The number of carboxylic acids is 1. The fourth-order valence-electron chi connectivity index (χ4n) is 5.71. The molecule has 4 aliphatic rings. The first kappa shape index (κ1) is 20.0. The summed E-state index contributed by atoms with van der Waals surface area (Å²) in [6.45, 7) is 2.05. The Morgan fingerprint density at radius 1 is 1.00 bits per heavy atom. The van der Waals surface area contributed by atoms with Crippen LogP contribution in [0.15, 0.2) is 0 Å². The monoisotopic (exact) mass is 379 g/mol. The number of aliphatic carboxylic acids is 1. The molecule has 0 aliphatic heterocycles. The minimum atomic E-state index is -1.03. The van der Waals surface area contributed by atoms with Crippen molar-refractivity contribution in [3.05, 3.63) is 0 Å². The minimum Gasteiger partial charge on any atom is -0.480 e. The summed E-state index contributed by atoms with van der Waals surface area (Å²) in [5.41, 5.74) is 0.0394. The van der Waals surface area contributed by atoms with E-state index in [1.54, 1.807) is 0 Å². The van der Waals surface area contributed by atoms with E-state index in [4.69, 9.17) is 5.11 Å². The molecule has 0 aromatic heterocycles. The van der Waals surface area contributed by atoms with Gasteiger partial charge in [-0.05, 0) is 76.0 Å². The highest BCUT2D eigenvalue weighted by Gasteiger charge is 2.51. The van der Waals surface area contributed by atoms with Crippen molar-refractivity contribution in [1.29, 1.82) is 0 Å². The van der Waals surface area contributed by atoms with Crippen LogP contribution in [0, 0.1) is 17.8 Å². The summed E-state index contributed by atoms with van der Waals surface area (Å²) in [5, 5.41) is 17.5. The zero-order valence-electron chi connectivity index (χ0n) is 16.3. The number of unbranched alkanes of at least 4 members (excludes halogenated alkanes) is 2. The van der Waals surface area contributed by atoms with Gasteiger partial charge >= 0.3 is 12.0 Å². The van der Waals surface area contributed by atoms with Crippen molar-refractivity contribution in [1.82, 2.24) is 16.0 Å². The first-order valence-electron chi connectivity index (χ1n) is 10.4. The Morgan fingerprint density at radius 3 is 2.15 bits per heavy atom. The maximum Gasteiger partial charge on any atom is 0.325 e. The molecule has 7 heteroatoms. The standard InChI is InChI=1S/C20H33N3O4/c1-13(18(25)26)22-17(24)5-3-2-4-6-21-19(27)23-20-10-14-7-15(11-20)9-16(8-14)12-20/h13-16H,2-12H2,1H3,(H,22,24)(H,25,26)(H2,21,23,27)/t13-,14?,15?,16?,20?/m0/s1. The van der Waals surface area contributed by atoms with Crippen molar-refractivity contribution in [3.8, 4) is 0 Å². The van der Waals surface area contributed by atoms with Gasteiger partial charge in [-0.1, -0.05) is 6.42 Å². The Morgan fingerprint density at radius 2 is 1.59 bits per heavy atom. The van der Waals surface area contributed by atoms with E-state index in [0.717, 1.165) is 49.9 Å². The molecule has 4 fully saturated rings. The molecule has 0 saturated heterocycles. The molecule has 0 spiro atoms. The van der Waals surface area contributed by atoms with Crippen LogP contribution >= 0.6 is 0 Å². The normalized spacial score (nSPS) is 32.0. The number of amides is 3. The molecule has 0 aromatic rings. The van der Waals surface area contributed by atoms with Crippen LogP contribution < -0.4 is 16.0 Å². The highest BCUT2D eigenvalue weighted by atomic mass is 16.4. The average molecular weight is 380 g/mol. The molecule has 27 heavy (non-hydrogen) atoms. The highest BCUT2D eigenvalue weighted by Crippen LogP contribution is 2.55. The second-order valence-electron chi connectivity index (χ2n) is 9.02. The van der Waals surface area contributed by atoms with E-state index in [1.165, 1.54) is 26.2 Å². The minimum absolute atomic E-state index is 0.0394. The van der Waals surface area contributed by atoms with Crippen LogP contribution in [-0.2, 0) is 9.59 Å². The highest BCUT2D eigenvalue weighted by molar-refractivity contribution is 5.83. The van der Waals surface area contributed by atoms with Gasteiger partial charge in [0, 0.05) is 18.5 Å². The summed E-state index contributed by atoms with van der Waals surface area (Å²) in [7, 11) is 0. The number of nitrogens with one attached hydrogen (secondary N) is 3. The molecule has 0 radical (unpaired) electrons. The van der Waals surface area contributed by atoms with Gasteiger partial charge in [0.2, 0.25) is 5.91 Å². The Labute approximate surface area is 161 Å². The molecule has 4 N–H and O–H groups in total. The smallest absolute Gasteiger partial charge is 0.325 e. The molecule has 4 aliphatic carbocycles. The summed E-state index contributed by atoms with van der Waals surface area (Å²) in [4.78, 5) is 34.6. The quantitative estimate of drug-likeness (QED) is 0.461. The molecule has 0 heterocycles. The lowest BCUT2D eigenvalue weighted by molar-refractivity contribution is -0.141. The van der Waals surface area contributed by atoms with Gasteiger partial charge in [-0.25, -0.2) is 4.79 Å². The van der Waals surface area contributed by atoms with E-state index < -0.39 is 12.0 Å². The summed E-state index contributed by atoms with van der Waals surface area (Å²) >= 11 is 0. The van der Waals surface area contributed by atoms with E-state index in [-0.39, 0.29) is 17.5 Å². The number of carbonyl (C=O) groups is 3. The Balaban J connectivity index is 1.26. The predicted octanol–water partition coefficient (Wildman–Crippen LogP) is 2.40. The van der Waals surface area contributed by atoms with Crippen molar-refractivity contribution < 1.29 is 19.5 Å². The Hall–Kier alpha value is -1.79. The van der Waals surface area contributed by atoms with Crippen LogP contribution in [0.1, 0.15) is 71.1 Å². The summed E-state index contributed by atoms with van der Waals surface area (Å²) in [6.07, 6.45) is 10.2. The van der Waals surface area contributed by atoms with E-state index in [9.17, 15) is 14.4 Å². The zero-order valence-corrected chi connectivity index (χ0v) is 16.3. The van der Waals surface area contributed by atoms with Gasteiger partial charge in [-0.15, -0.1) is 0 Å². The van der Waals surface area contributed by atoms with Crippen molar-refractivity contribution in [2.45, 2.75) is 82.7 Å². The molecule has 0 aromatic carbocycles. The van der Waals surface area contributed by atoms with Crippen molar-refractivity contribution in [3.63, 3.8) is 0 Å². The number of carboxylic acid groups (broad SMARTS) is 1. The summed E-state index contributed by atoms with van der Waals surface area (Å²) in [5.74, 6) is 1.17. The van der Waals surface area contributed by atoms with Crippen molar-refractivity contribution in [2.24, 2.45) is 17.8 Å². The fraction of sp³-hybridized carbons (Fsp3) is 0.850. The lowest BCUT2D eigenvalue weighted by Crippen LogP contribution is -2.61. The maximum absolute atomic E-state index is 12.3. The summed E-state index contributed by atoms with van der Waals surface area (Å²) < 4.78 is 0. The molecule has 3 amide bonds. The first-order chi connectivity index (χ1) is 12.8. The van der Waals surface area contributed by atoms with Gasteiger partial charge in [-0.2, -0.15) is 0 Å². The maximum atomic E-state index is 12.3. The van der Waals surface area contributed by atoms with E-state index >= 15 is 0 Å². The third-order valence-corrected chi connectivity index (χ3v) is 6.53. The SMILES string of the molecule is C[C@H](NC(=O)CCCCCNC(=O)NC12CC3CC(CC(C3)C1)C2)C(=O)O. The van der Waals surface area contributed by atoms with Gasteiger partial charge < -0.3 is 21.1 Å². The van der Waals surface area contributed by atoms with Crippen LogP contribution in [0.2, 0.25) is 0 Å². The van der Waals surface area contributed by atoms with Crippen molar-refractivity contribution in [2.75, 3.05) is 6.54 Å². The second-order valence-corrected chi connectivity index (χ2v) is 9.02. The predicted molar refractivity (Wildman–Crippen MR) is 101 cm³/mol. The zero-order chi connectivity index (χ0) is 19.4. The van der Waals surface area contributed by atoms with Crippen LogP contribution in [0.25, 0.3) is 0 Å². The summed E-state index contributed by atoms with van der Waals surface area (Å²) in [6, 6.07) is -0.905. The number of hydrogen-bond acceptors (Lipinski definition) is 3. The molecule has 1 atom stereocenters. The van der Waals surface area contributed by atoms with Crippen LogP contribution in [0.4, 0.5) is 4.79 Å². The molecule has 4 rings (SSSR count). The molecular weight excluding hydrogens is 346 g/mol. The average Bonchev–Trinajstić information content (AvgIpc) is 2.56. The topological polar surface area (TPSA) is 108 Å². The fourth-order valence-corrected chi connectivity index (χ4v) is 5.71. The van der Waals surface area contributed by atoms with E-state index in [1.807, 2.05) is 0 Å². The Kier molecular flexibility index (Phi) is 6.27. The first-order valence-corrected chi connectivity index (χ1v) is 10.4. The second kappa shape index (κ2) is 8.48. The van der Waals surface area contributed by atoms with Crippen LogP contribution in [0.5, 0.6) is 0 Å². The van der Waals surface area contributed by atoms with Gasteiger partial charge in [0.25, 0.3) is 0 Å². The van der Waals surface area contributed by atoms with E-state index in [2.05, 4.69) is 16.0 Å². The Bertz CT molecular complexity index is 542. The van der Waals surface area contributed by atoms with E-state index in [0.29, 0.717) is 19.4 Å². The molecule has 4 saturated carbocycles. The van der Waals surface area contributed by atoms with Crippen LogP contribution in [-0.4, -0.2) is 41.1 Å². The molecule has 4 bridgehead atoms. The van der Waals surface area contributed by atoms with Crippen LogP contribution in [0.3, 0.4) is 0 Å². The van der Waals surface area contributed by atoms with Gasteiger partial charge in [-0.3, -0.25) is 9.59 Å². The largest absolute Gasteiger partial charge is 0.480 e.